The minimum atomic E-state index is -1.26. The second kappa shape index (κ2) is 9.52. The van der Waals surface area contributed by atoms with E-state index < -0.39 is 11.9 Å². The summed E-state index contributed by atoms with van der Waals surface area (Å²) in [6.45, 7) is 3.92. The molecule has 0 spiro atoms. The third-order valence-corrected chi connectivity index (χ3v) is 4.64. The van der Waals surface area contributed by atoms with Crippen molar-refractivity contribution in [1.82, 2.24) is 4.57 Å². The molecule has 3 aromatic rings. The molecule has 0 fully saturated rings. The lowest BCUT2D eigenvalue weighted by atomic mass is 10.0. The fourth-order valence-electron chi connectivity index (χ4n) is 3.37. The van der Waals surface area contributed by atoms with Crippen LogP contribution in [0.15, 0.2) is 83.9 Å². The van der Waals surface area contributed by atoms with Crippen molar-refractivity contribution in [3.8, 4) is 22.4 Å². The lowest BCUT2D eigenvalue weighted by Gasteiger charge is -2.17. The van der Waals surface area contributed by atoms with E-state index in [1.54, 1.807) is 0 Å². The molecule has 1 aliphatic heterocycles. The Kier molecular flexibility index (Phi) is 6.60. The van der Waals surface area contributed by atoms with E-state index in [1.165, 1.54) is 28.1 Å². The van der Waals surface area contributed by atoms with Crippen LogP contribution in [0.2, 0.25) is 0 Å². The zero-order valence-electron chi connectivity index (χ0n) is 16.5. The predicted molar refractivity (Wildman–Crippen MR) is 117 cm³/mol. The minimum Gasteiger partial charge on any atom is -0.478 e. The highest BCUT2D eigenvalue weighted by Crippen LogP contribution is 2.36. The number of carbonyl (C=O) groups is 2. The Morgan fingerprint density at radius 3 is 1.97 bits per heavy atom. The monoisotopic (exact) mass is 402 g/mol. The van der Waals surface area contributed by atoms with Crippen LogP contribution in [0.5, 0.6) is 0 Å². The van der Waals surface area contributed by atoms with E-state index >= 15 is 0 Å². The van der Waals surface area contributed by atoms with Gasteiger partial charge in [0, 0.05) is 24.3 Å². The van der Waals surface area contributed by atoms with E-state index in [9.17, 15) is 9.59 Å². The van der Waals surface area contributed by atoms with Gasteiger partial charge in [-0.25, -0.2) is 9.59 Å². The summed E-state index contributed by atoms with van der Waals surface area (Å²) in [4.78, 5) is 23.7. The topological polar surface area (TPSA) is 91.9 Å². The Balaban J connectivity index is 0.000000275. The van der Waals surface area contributed by atoms with Crippen LogP contribution in [0, 0.1) is 0 Å². The summed E-state index contributed by atoms with van der Waals surface area (Å²) in [5.74, 6) is -2.51. The Morgan fingerprint density at radius 2 is 1.43 bits per heavy atom. The highest BCUT2D eigenvalue weighted by molar-refractivity contribution is 6.01. The summed E-state index contributed by atoms with van der Waals surface area (Å²) in [6, 6.07) is 23.6. The minimum absolute atomic E-state index is 0.558. The summed E-state index contributed by atoms with van der Waals surface area (Å²) in [7, 11) is 0. The molecule has 0 atom stereocenters. The van der Waals surface area contributed by atoms with Crippen molar-refractivity contribution in [2.24, 2.45) is 4.99 Å². The Morgan fingerprint density at radius 1 is 0.900 bits per heavy atom. The molecular weight excluding hydrogens is 380 g/mol. The molecule has 6 heteroatoms. The Bertz CT molecular complexity index is 1080. The standard InChI is InChI=1S/C20H18N2.C4H4O4/c1-15-19-14-18(16-8-4-2-5-9-16)20(22(19)13-12-21-15)17-10-6-3-7-11-17;5-3(6)1-2-4(7)8/h2-11,14H,12-13H2,1H3;1-2H,(H,5,6)(H,7,8)/b;2-1+. The molecule has 0 aliphatic carbocycles. The zero-order chi connectivity index (χ0) is 21.5. The van der Waals surface area contributed by atoms with Gasteiger partial charge in [-0.05, 0) is 24.1 Å². The van der Waals surface area contributed by atoms with Crippen LogP contribution in [0.25, 0.3) is 22.4 Å². The first kappa shape index (κ1) is 20.8. The normalized spacial score (nSPS) is 12.5. The lowest BCUT2D eigenvalue weighted by molar-refractivity contribution is -0.134. The molecule has 6 nitrogen and oxygen atoms in total. The van der Waals surface area contributed by atoms with Gasteiger partial charge in [-0.1, -0.05) is 60.7 Å². The SMILES string of the molecule is CC1=NCCn2c1cc(-c1ccccc1)c2-c1ccccc1.O=C(O)/C=C/C(=O)O. The van der Waals surface area contributed by atoms with Gasteiger partial charge in [0.1, 0.15) is 0 Å². The van der Waals surface area contributed by atoms with Crippen LogP contribution in [0.3, 0.4) is 0 Å². The van der Waals surface area contributed by atoms with E-state index in [0.717, 1.165) is 18.8 Å². The second-order valence-electron chi connectivity index (χ2n) is 6.65. The van der Waals surface area contributed by atoms with Gasteiger partial charge in [-0.2, -0.15) is 0 Å². The fourth-order valence-corrected chi connectivity index (χ4v) is 3.37. The number of fused-ring (bicyclic) bond motifs is 1. The summed E-state index contributed by atoms with van der Waals surface area (Å²) in [5.41, 5.74) is 7.49. The number of hydrogen-bond donors (Lipinski definition) is 2. The van der Waals surface area contributed by atoms with E-state index in [2.05, 4.69) is 83.2 Å². The molecule has 2 heterocycles. The molecule has 152 valence electrons. The average Bonchev–Trinajstić information content (AvgIpc) is 3.15. The lowest BCUT2D eigenvalue weighted by Crippen LogP contribution is -2.16. The second-order valence-corrected chi connectivity index (χ2v) is 6.65. The number of benzene rings is 2. The smallest absolute Gasteiger partial charge is 0.328 e. The molecule has 1 aliphatic rings. The number of carboxylic acids is 2. The van der Waals surface area contributed by atoms with Gasteiger partial charge < -0.3 is 14.8 Å². The van der Waals surface area contributed by atoms with Crippen molar-refractivity contribution < 1.29 is 19.8 Å². The largest absolute Gasteiger partial charge is 0.478 e. The molecule has 2 N–H and O–H groups in total. The van der Waals surface area contributed by atoms with Gasteiger partial charge >= 0.3 is 11.9 Å². The van der Waals surface area contributed by atoms with E-state index in [-0.39, 0.29) is 0 Å². The molecule has 0 saturated heterocycles. The Labute approximate surface area is 174 Å². The molecule has 30 heavy (non-hydrogen) atoms. The van der Waals surface area contributed by atoms with Crippen LogP contribution < -0.4 is 0 Å². The van der Waals surface area contributed by atoms with Gasteiger partial charge in [0.25, 0.3) is 0 Å². The van der Waals surface area contributed by atoms with Crippen molar-refractivity contribution >= 4 is 17.7 Å². The van der Waals surface area contributed by atoms with Crippen molar-refractivity contribution in [2.75, 3.05) is 6.54 Å². The predicted octanol–water partition coefficient (Wildman–Crippen LogP) is 4.36. The van der Waals surface area contributed by atoms with Gasteiger partial charge in [-0.3, -0.25) is 4.99 Å². The average molecular weight is 402 g/mol. The third-order valence-electron chi connectivity index (χ3n) is 4.64. The first-order valence-electron chi connectivity index (χ1n) is 9.47. The molecule has 2 aromatic carbocycles. The number of carboxylic acid groups (broad SMARTS) is 2. The number of aliphatic carboxylic acids is 2. The maximum Gasteiger partial charge on any atom is 0.328 e. The van der Waals surface area contributed by atoms with E-state index in [4.69, 9.17) is 10.2 Å². The summed E-state index contributed by atoms with van der Waals surface area (Å²) < 4.78 is 2.42. The van der Waals surface area contributed by atoms with Crippen LogP contribution in [0.1, 0.15) is 12.6 Å². The highest BCUT2D eigenvalue weighted by atomic mass is 16.4. The van der Waals surface area contributed by atoms with Gasteiger partial charge in [0.05, 0.1) is 23.6 Å². The molecule has 0 bridgehead atoms. The molecule has 0 saturated carbocycles. The maximum absolute atomic E-state index is 9.55. The summed E-state index contributed by atoms with van der Waals surface area (Å²) in [6.07, 6.45) is 1.12. The first-order valence-corrected chi connectivity index (χ1v) is 9.47. The van der Waals surface area contributed by atoms with E-state index in [0.29, 0.717) is 12.2 Å². The van der Waals surface area contributed by atoms with Crippen LogP contribution >= 0.6 is 0 Å². The van der Waals surface area contributed by atoms with Gasteiger partial charge in [0.2, 0.25) is 0 Å². The van der Waals surface area contributed by atoms with Gasteiger partial charge in [0.15, 0.2) is 0 Å². The first-order chi connectivity index (χ1) is 14.5. The van der Waals surface area contributed by atoms with Crippen molar-refractivity contribution in [1.29, 1.82) is 0 Å². The summed E-state index contributed by atoms with van der Waals surface area (Å²) >= 11 is 0. The van der Waals surface area contributed by atoms with Crippen molar-refractivity contribution in [3.05, 3.63) is 84.6 Å². The molecule has 0 radical (unpaired) electrons. The number of hydrogen-bond acceptors (Lipinski definition) is 3. The molecular formula is C24H22N2O4. The van der Waals surface area contributed by atoms with Crippen LogP contribution in [0.4, 0.5) is 0 Å². The molecule has 1 aromatic heterocycles. The number of nitrogens with zero attached hydrogens (tertiary/aromatic N) is 2. The quantitative estimate of drug-likeness (QED) is 0.635. The Hall–Kier alpha value is -3.93. The molecule has 0 amide bonds. The van der Waals surface area contributed by atoms with Crippen molar-refractivity contribution in [3.63, 3.8) is 0 Å². The van der Waals surface area contributed by atoms with Crippen LogP contribution in [-0.2, 0) is 16.1 Å². The number of aliphatic imine (C=N–C) groups is 1. The van der Waals surface area contributed by atoms with Gasteiger partial charge in [-0.15, -0.1) is 0 Å². The van der Waals surface area contributed by atoms with Crippen LogP contribution in [-0.4, -0.2) is 39.0 Å². The van der Waals surface area contributed by atoms with E-state index in [1.807, 2.05) is 0 Å². The zero-order valence-corrected chi connectivity index (χ0v) is 16.5. The molecule has 4 rings (SSSR count). The third kappa shape index (κ3) is 4.91. The highest BCUT2D eigenvalue weighted by Gasteiger charge is 2.20. The fraction of sp³-hybridized carbons (Fsp3) is 0.125. The molecule has 0 unspecified atom stereocenters. The summed E-state index contributed by atoms with van der Waals surface area (Å²) in [5, 5.41) is 15.6. The number of rotatable bonds is 4. The maximum atomic E-state index is 9.55. The number of aromatic nitrogens is 1. The van der Waals surface area contributed by atoms with Crippen molar-refractivity contribution in [2.45, 2.75) is 13.5 Å².